The summed E-state index contributed by atoms with van der Waals surface area (Å²) in [6.45, 7) is 15.7. The molecular formula is C18H36N4O2. The lowest BCUT2D eigenvalue weighted by atomic mass is 10.1. The second kappa shape index (κ2) is 11.8. The molecule has 0 aliphatic carbocycles. The van der Waals surface area contributed by atoms with Gasteiger partial charge in [-0.1, -0.05) is 34.6 Å². The van der Waals surface area contributed by atoms with E-state index in [0.717, 1.165) is 17.8 Å². The predicted molar refractivity (Wildman–Crippen MR) is 103 cm³/mol. The van der Waals surface area contributed by atoms with Gasteiger partial charge in [0.1, 0.15) is 17.5 Å². The van der Waals surface area contributed by atoms with Gasteiger partial charge in [-0.05, 0) is 27.2 Å². The van der Waals surface area contributed by atoms with Crippen molar-refractivity contribution >= 4 is 18.0 Å². The summed E-state index contributed by atoms with van der Waals surface area (Å²) in [5.41, 5.74) is 0.0759. The average molecular weight is 341 g/mol. The number of hydrogen-bond donors (Lipinski definition) is 1. The monoisotopic (exact) mass is 340 g/mol. The molecule has 0 fully saturated rings. The summed E-state index contributed by atoms with van der Waals surface area (Å²) >= 11 is 0. The lowest BCUT2D eigenvalue weighted by Crippen LogP contribution is -2.37. The van der Waals surface area contributed by atoms with Crippen molar-refractivity contribution in [3.63, 3.8) is 0 Å². The molecule has 1 heterocycles. The molecule has 0 aliphatic heterocycles. The molecular weight excluding hydrogens is 304 g/mol. The molecule has 1 N–H and O–H groups in total. The van der Waals surface area contributed by atoms with Crippen LogP contribution >= 0.6 is 0 Å². The van der Waals surface area contributed by atoms with Crippen LogP contribution in [0, 0.1) is 6.92 Å². The first-order valence-corrected chi connectivity index (χ1v) is 8.68. The first-order chi connectivity index (χ1) is 11.2. The summed E-state index contributed by atoms with van der Waals surface area (Å²) in [5, 5.41) is 9.96. The van der Waals surface area contributed by atoms with Gasteiger partial charge in [-0.25, -0.2) is 9.97 Å². The molecule has 1 amide bonds. The molecule has 0 spiro atoms. The van der Waals surface area contributed by atoms with Crippen LogP contribution in [0.25, 0.3) is 0 Å². The van der Waals surface area contributed by atoms with E-state index in [1.165, 1.54) is 4.90 Å². The van der Waals surface area contributed by atoms with E-state index in [-0.39, 0.29) is 0 Å². The number of carbonyl (C=O) groups excluding carboxylic acids is 1. The molecule has 0 saturated heterocycles. The summed E-state index contributed by atoms with van der Waals surface area (Å²) in [6, 6.07) is 0. The van der Waals surface area contributed by atoms with E-state index in [9.17, 15) is 9.90 Å². The standard InChI is InChI=1S/C14H24N4O2.2C2H6/c1-7-11-12(17(5)8-14(3,4)20)15-10(2)16-13(11)18(6)9-19;2*1-2/h9,20H,7-8H2,1-6H3;2*1-2H3. The fraction of sp³-hybridized carbons (Fsp3) is 0.722. The number of aliphatic hydroxyl groups is 1. The SMILES string of the molecule is CC.CC.CCc1c(N(C)C=O)nc(C)nc1N(C)CC(C)(C)O. The Bertz CT molecular complexity index is 485. The lowest BCUT2D eigenvalue weighted by Gasteiger charge is -2.29. The van der Waals surface area contributed by atoms with E-state index in [4.69, 9.17) is 0 Å². The smallest absolute Gasteiger partial charge is 0.215 e. The molecule has 0 radical (unpaired) electrons. The molecule has 24 heavy (non-hydrogen) atoms. The lowest BCUT2D eigenvalue weighted by molar-refractivity contribution is -0.107. The van der Waals surface area contributed by atoms with Crippen molar-refractivity contribution in [3.8, 4) is 0 Å². The van der Waals surface area contributed by atoms with Crippen molar-refractivity contribution in [2.24, 2.45) is 0 Å². The number of nitrogens with zero attached hydrogens (tertiary/aromatic N) is 4. The molecule has 0 aromatic carbocycles. The van der Waals surface area contributed by atoms with Crippen molar-refractivity contribution in [1.29, 1.82) is 0 Å². The van der Waals surface area contributed by atoms with E-state index in [2.05, 4.69) is 9.97 Å². The minimum absolute atomic E-state index is 0.445. The van der Waals surface area contributed by atoms with Gasteiger partial charge in [0.25, 0.3) is 0 Å². The quantitative estimate of drug-likeness (QED) is 0.805. The summed E-state index contributed by atoms with van der Waals surface area (Å²) in [4.78, 5) is 23.2. The van der Waals surface area contributed by atoms with Crippen LogP contribution in [-0.4, -0.2) is 47.7 Å². The van der Waals surface area contributed by atoms with Gasteiger partial charge >= 0.3 is 0 Å². The van der Waals surface area contributed by atoms with Crippen LogP contribution in [-0.2, 0) is 11.2 Å². The fourth-order valence-corrected chi connectivity index (χ4v) is 2.20. The van der Waals surface area contributed by atoms with Gasteiger partial charge in [-0.3, -0.25) is 4.79 Å². The topological polar surface area (TPSA) is 69.6 Å². The molecule has 6 nitrogen and oxygen atoms in total. The first kappa shape index (κ1) is 24.6. The highest BCUT2D eigenvalue weighted by molar-refractivity contribution is 5.76. The van der Waals surface area contributed by atoms with Crippen LogP contribution in [0.5, 0.6) is 0 Å². The predicted octanol–water partition coefficient (Wildman–Crippen LogP) is 3.20. The number of anilines is 2. The van der Waals surface area contributed by atoms with Crippen LogP contribution in [0.15, 0.2) is 0 Å². The normalized spacial score (nSPS) is 9.96. The highest BCUT2D eigenvalue weighted by Crippen LogP contribution is 2.27. The van der Waals surface area contributed by atoms with Gasteiger partial charge in [0.05, 0.1) is 5.60 Å². The Morgan fingerprint density at radius 3 is 1.92 bits per heavy atom. The highest BCUT2D eigenvalue weighted by Gasteiger charge is 2.22. The van der Waals surface area contributed by atoms with Crippen molar-refractivity contribution < 1.29 is 9.90 Å². The minimum Gasteiger partial charge on any atom is -0.389 e. The molecule has 0 saturated carbocycles. The number of hydrogen-bond acceptors (Lipinski definition) is 5. The van der Waals surface area contributed by atoms with E-state index < -0.39 is 5.60 Å². The van der Waals surface area contributed by atoms with Crippen molar-refractivity contribution in [3.05, 3.63) is 11.4 Å². The van der Waals surface area contributed by atoms with E-state index >= 15 is 0 Å². The Morgan fingerprint density at radius 2 is 1.54 bits per heavy atom. The fourth-order valence-electron chi connectivity index (χ4n) is 2.20. The largest absolute Gasteiger partial charge is 0.389 e. The highest BCUT2D eigenvalue weighted by atomic mass is 16.3. The molecule has 1 aromatic heterocycles. The Kier molecular flexibility index (Phi) is 12.1. The van der Waals surface area contributed by atoms with Gasteiger partial charge in [-0.15, -0.1) is 0 Å². The summed E-state index contributed by atoms with van der Waals surface area (Å²) in [6.07, 6.45) is 1.44. The number of likely N-dealkylation sites (N-methyl/N-ethyl adjacent to an activating group) is 1. The number of carbonyl (C=O) groups is 1. The van der Waals surface area contributed by atoms with E-state index in [1.807, 2.05) is 46.6 Å². The summed E-state index contributed by atoms with van der Waals surface area (Å²) in [5.74, 6) is 1.97. The Morgan fingerprint density at radius 1 is 1.08 bits per heavy atom. The number of rotatable bonds is 6. The summed E-state index contributed by atoms with van der Waals surface area (Å²) < 4.78 is 0. The molecule has 0 bridgehead atoms. The molecule has 1 aromatic rings. The molecule has 6 heteroatoms. The molecule has 140 valence electrons. The Hall–Kier alpha value is -1.69. The van der Waals surface area contributed by atoms with Gasteiger partial charge in [0, 0.05) is 26.2 Å². The molecule has 0 aliphatic rings. The molecule has 1 rings (SSSR count). The van der Waals surface area contributed by atoms with Crippen molar-refractivity contribution in [2.45, 2.75) is 67.4 Å². The van der Waals surface area contributed by atoms with Gasteiger partial charge in [-0.2, -0.15) is 0 Å². The average Bonchev–Trinajstić information content (AvgIpc) is 2.55. The zero-order chi connectivity index (χ0) is 19.5. The van der Waals surface area contributed by atoms with Crippen LogP contribution in [0.4, 0.5) is 11.6 Å². The van der Waals surface area contributed by atoms with Crippen LogP contribution in [0.2, 0.25) is 0 Å². The minimum atomic E-state index is -0.824. The Labute approximate surface area is 147 Å². The molecule has 0 unspecified atom stereocenters. The van der Waals surface area contributed by atoms with E-state index in [0.29, 0.717) is 24.6 Å². The Balaban J connectivity index is 0. The third kappa shape index (κ3) is 7.73. The maximum atomic E-state index is 11.0. The van der Waals surface area contributed by atoms with Crippen LogP contribution in [0.3, 0.4) is 0 Å². The van der Waals surface area contributed by atoms with Crippen LogP contribution < -0.4 is 9.80 Å². The second-order valence-corrected chi connectivity index (χ2v) is 5.63. The number of aromatic nitrogens is 2. The van der Waals surface area contributed by atoms with Gasteiger partial charge < -0.3 is 14.9 Å². The van der Waals surface area contributed by atoms with Crippen molar-refractivity contribution in [2.75, 3.05) is 30.4 Å². The van der Waals surface area contributed by atoms with E-state index in [1.54, 1.807) is 27.8 Å². The van der Waals surface area contributed by atoms with Crippen molar-refractivity contribution in [1.82, 2.24) is 9.97 Å². The number of aryl methyl sites for hydroxylation is 1. The first-order valence-electron chi connectivity index (χ1n) is 8.68. The molecule has 0 atom stereocenters. The van der Waals surface area contributed by atoms with Gasteiger partial charge in [0.15, 0.2) is 0 Å². The van der Waals surface area contributed by atoms with Gasteiger partial charge in [0.2, 0.25) is 6.41 Å². The summed E-state index contributed by atoms with van der Waals surface area (Å²) in [7, 11) is 3.55. The maximum Gasteiger partial charge on any atom is 0.215 e. The zero-order valence-electron chi connectivity index (χ0n) is 17.1. The van der Waals surface area contributed by atoms with Crippen LogP contribution in [0.1, 0.15) is 59.9 Å². The third-order valence-electron chi connectivity index (χ3n) is 2.91. The third-order valence-corrected chi connectivity index (χ3v) is 2.91. The zero-order valence-corrected chi connectivity index (χ0v) is 17.1. The maximum absolute atomic E-state index is 11.0. The second-order valence-electron chi connectivity index (χ2n) is 5.63. The number of amides is 1.